The summed E-state index contributed by atoms with van der Waals surface area (Å²) < 4.78 is 12.9. The lowest BCUT2D eigenvalue weighted by atomic mass is 10.1. The minimum absolute atomic E-state index is 0.840. The van der Waals surface area contributed by atoms with Gasteiger partial charge in [0.25, 0.3) is 0 Å². The van der Waals surface area contributed by atoms with Gasteiger partial charge in [-0.3, -0.25) is 4.40 Å². The molecule has 3 aromatic carbocycles. The fourth-order valence-corrected chi connectivity index (χ4v) is 4.69. The first-order chi connectivity index (χ1) is 14.8. The third kappa shape index (κ3) is 3.23. The summed E-state index contributed by atoms with van der Waals surface area (Å²) in [4.78, 5) is 7.05. The number of nitrogens with zero attached hydrogens (tertiary/aromatic N) is 2. The summed E-state index contributed by atoms with van der Waals surface area (Å²) in [6.45, 7) is 0. The SMILES string of the molecule is COc1ccc(-c2sc3nc(-c4ccccc4)cn3c2-c2ccc(OC)cc2)cc1. The van der Waals surface area contributed by atoms with Gasteiger partial charge in [-0.25, -0.2) is 4.98 Å². The highest BCUT2D eigenvalue weighted by Gasteiger charge is 2.18. The Bertz CT molecular complexity index is 1290. The van der Waals surface area contributed by atoms with Gasteiger partial charge in [0, 0.05) is 17.3 Å². The van der Waals surface area contributed by atoms with Crippen LogP contribution in [0.25, 0.3) is 37.9 Å². The molecule has 30 heavy (non-hydrogen) atoms. The van der Waals surface area contributed by atoms with Crippen molar-refractivity contribution in [3.05, 3.63) is 85.1 Å². The van der Waals surface area contributed by atoms with E-state index in [9.17, 15) is 0 Å². The molecule has 2 aromatic heterocycles. The summed E-state index contributed by atoms with van der Waals surface area (Å²) in [5.74, 6) is 1.68. The smallest absolute Gasteiger partial charge is 0.195 e. The van der Waals surface area contributed by atoms with Crippen molar-refractivity contribution < 1.29 is 9.47 Å². The molecule has 0 saturated heterocycles. The zero-order chi connectivity index (χ0) is 20.5. The number of hydrogen-bond acceptors (Lipinski definition) is 4. The van der Waals surface area contributed by atoms with Crippen molar-refractivity contribution in [1.82, 2.24) is 9.38 Å². The highest BCUT2D eigenvalue weighted by Crippen LogP contribution is 2.41. The second-order valence-electron chi connectivity index (χ2n) is 6.88. The summed E-state index contributed by atoms with van der Waals surface area (Å²) in [6, 6.07) is 26.6. The van der Waals surface area contributed by atoms with Crippen molar-refractivity contribution in [2.75, 3.05) is 14.2 Å². The highest BCUT2D eigenvalue weighted by molar-refractivity contribution is 7.20. The molecule has 0 aliphatic rings. The van der Waals surface area contributed by atoms with Crippen LogP contribution in [0.2, 0.25) is 0 Å². The number of hydrogen-bond donors (Lipinski definition) is 0. The number of imidazole rings is 1. The molecule has 0 unspecified atom stereocenters. The molecule has 0 radical (unpaired) electrons. The van der Waals surface area contributed by atoms with Gasteiger partial charge < -0.3 is 9.47 Å². The van der Waals surface area contributed by atoms with E-state index in [1.165, 1.54) is 4.88 Å². The molecule has 0 bridgehead atoms. The number of aromatic nitrogens is 2. The van der Waals surface area contributed by atoms with Gasteiger partial charge >= 0.3 is 0 Å². The van der Waals surface area contributed by atoms with Crippen molar-refractivity contribution in [3.63, 3.8) is 0 Å². The second-order valence-corrected chi connectivity index (χ2v) is 7.86. The Morgan fingerprint density at radius 1 is 0.700 bits per heavy atom. The molecule has 0 spiro atoms. The van der Waals surface area contributed by atoms with E-state index in [0.717, 1.165) is 44.5 Å². The monoisotopic (exact) mass is 412 g/mol. The molecule has 0 amide bonds. The number of methoxy groups -OCH3 is 2. The number of fused-ring (bicyclic) bond motifs is 1. The van der Waals surface area contributed by atoms with Crippen LogP contribution in [0, 0.1) is 0 Å². The average molecular weight is 413 g/mol. The van der Waals surface area contributed by atoms with Gasteiger partial charge in [0.15, 0.2) is 4.96 Å². The first-order valence-corrected chi connectivity index (χ1v) is 10.4. The summed E-state index contributed by atoms with van der Waals surface area (Å²) in [6.07, 6.45) is 2.12. The van der Waals surface area contributed by atoms with E-state index < -0.39 is 0 Å². The fraction of sp³-hybridized carbons (Fsp3) is 0.0800. The lowest BCUT2D eigenvalue weighted by Crippen LogP contribution is -1.89. The van der Waals surface area contributed by atoms with Crippen LogP contribution >= 0.6 is 11.3 Å². The first kappa shape index (κ1) is 18.5. The van der Waals surface area contributed by atoms with Gasteiger partial charge in [-0.15, -0.1) is 0 Å². The highest BCUT2D eigenvalue weighted by atomic mass is 32.1. The van der Waals surface area contributed by atoms with Crippen LogP contribution in [0.4, 0.5) is 0 Å². The van der Waals surface area contributed by atoms with Crippen molar-refractivity contribution in [1.29, 1.82) is 0 Å². The van der Waals surface area contributed by atoms with Gasteiger partial charge in [0.1, 0.15) is 11.5 Å². The van der Waals surface area contributed by atoms with Crippen LogP contribution in [0.5, 0.6) is 11.5 Å². The Balaban J connectivity index is 1.71. The molecule has 148 valence electrons. The summed E-state index contributed by atoms with van der Waals surface area (Å²) in [7, 11) is 3.37. The number of ether oxygens (including phenoxy) is 2. The van der Waals surface area contributed by atoms with Crippen molar-refractivity contribution in [3.8, 4) is 44.5 Å². The minimum atomic E-state index is 0.840. The van der Waals surface area contributed by atoms with Crippen molar-refractivity contribution in [2.24, 2.45) is 0 Å². The fourth-order valence-electron chi connectivity index (χ4n) is 3.55. The average Bonchev–Trinajstić information content (AvgIpc) is 3.38. The predicted octanol–water partition coefficient (Wildman–Crippen LogP) is 6.41. The van der Waals surface area contributed by atoms with Crippen LogP contribution < -0.4 is 9.47 Å². The molecule has 0 aliphatic carbocycles. The van der Waals surface area contributed by atoms with E-state index in [2.05, 4.69) is 47.0 Å². The molecule has 5 aromatic rings. The molecule has 0 atom stereocenters. The predicted molar refractivity (Wildman–Crippen MR) is 122 cm³/mol. The minimum Gasteiger partial charge on any atom is -0.497 e. The van der Waals surface area contributed by atoms with Gasteiger partial charge in [-0.2, -0.15) is 0 Å². The number of benzene rings is 3. The zero-order valence-electron chi connectivity index (χ0n) is 16.7. The molecule has 0 saturated carbocycles. The molecule has 4 nitrogen and oxygen atoms in total. The largest absolute Gasteiger partial charge is 0.497 e. The molecule has 0 N–H and O–H groups in total. The molecule has 2 heterocycles. The number of rotatable bonds is 5. The Morgan fingerprint density at radius 2 is 1.30 bits per heavy atom. The Morgan fingerprint density at radius 3 is 1.90 bits per heavy atom. The Hall–Kier alpha value is -3.57. The standard InChI is InChI=1S/C25H20N2O2S/c1-28-20-12-8-18(9-13-20)23-24(19-10-14-21(29-2)15-11-19)30-25-26-22(16-27(23)25)17-6-4-3-5-7-17/h3-16H,1-2H3. The maximum absolute atomic E-state index is 5.35. The zero-order valence-corrected chi connectivity index (χ0v) is 17.5. The van der Waals surface area contributed by atoms with Crippen molar-refractivity contribution in [2.45, 2.75) is 0 Å². The van der Waals surface area contributed by atoms with Crippen LogP contribution in [-0.4, -0.2) is 23.6 Å². The third-order valence-electron chi connectivity index (χ3n) is 5.11. The molecule has 5 heteroatoms. The summed E-state index contributed by atoms with van der Waals surface area (Å²) in [5, 5.41) is 0. The van der Waals surface area contributed by atoms with Gasteiger partial charge in [-0.05, 0) is 54.1 Å². The first-order valence-electron chi connectivity index (χ1n) is 9.63. The van der Waals surface area contributed by atoms with Crippen LogP contribution in [-0.2, 0) is 0 Å². The van der Waals surface area contributed by atoms with E-state index >= 15 is 0 Å². The van der Waals surface area contributed by atoms with E-state index in [0.29, 0.717) is 0 Å². The molecular formula is C25H20N2O2S. The van der Waals surface area contributed by atoms with Crippen molar-refractivity contribution >= 4 is 16.3 Å². The van der Waals surface area contributed by atoms with Crippen LogP contribution in [0.1, 0.15) is 0 Å². The lowest BCUT2D eigenvalue weighted by molar-refractivity contribution is 0.414. The maximum Gasteiger partial charge on any atom is 0.195 e. The van der Waals surface area contributed by atoms with Gasteiger partial charge in [0.05, 0.1) is 30.5 Å². The van der Waals surface area contributed by atoms with Gasteiger partial charge in [-0.1, -0.05) is 41.7 Å². The van der Waals surface area contributed by atoms with E-state index in [-0.39, 0.29) is 0 Å². The summed E-state index contributed by atoms with van der Waals surface area (Å²) >= 11 is 1.69. The molecule has 5 rings (SSSR count). The normalized spacial score (nSPS) is 11.0. The quantitative estimate of drug-likeness (QED) is 0.334. The maximum atomic E-state index is 5.35. The molecule has 0 aliphatic heterocycles. The second kappa shape index (κ2) is 7.69. The Labute approximate surface area is 179 Å². The topological polar surface area (TPSA) is 35.8 Å². The van der Waals surface area contributed by atoms with Crippen LogP contribution in [0.15, 0.2) is 85.1 Å². The molecular weight excluding hydrogens is 392 g/mol. The Kier molecular flexibility index (Phi) is 4.73. The van der Waals surface area contributed by atoms with E-state index in [4.69, 9.17) is 14.5 Å². The lowest BCUT2D eigenvalue weighted by Gasteiger charge is -2.08. The van der Waals surface area contributed by atoms with E-state index in [1.54, 1.807) is 25.6 Å². The summed E-state index contributed by atoms with van der Waals surface area (Å²) in [5.41, 5.74) is 5.46. The number of thiazole rings is 1. The van der Waals surface area contributed by atoms with E-state index in [1.807, 2.05) is 42.5 Å². The third-order valence-corrected chi connectivity index (χ3v) is 6.21. The van der Waals surface area contributed by atoms with Gasteiger partial charge in [0.2, 0.25) is 0 Å². The molecule has 0 fully saturated rings. The van der Waals surface area contributed by atoms with Crippen LogP contribution in [0.3, 0.4) is 0 Å².